The second-order valence-electron chi connectivity index (χ2n) is 6.77. The normalized spacial score (nSPS) is 34.7. The zero-order chi connectivity index (χ0) is 13.3. The van der Waals surface area contributed by atoms with E-state index in [0.717, 1.165) is 19.5 Å². The average molecular weight is 266 g/mol. The van der Waals surface area contributed by atoms with E-state index in [9.17, 15) is 9.90 Å². The Kier molecular flexibility index (Phi) is 3.81. The van der Waals surface area contributed by atoms with Crippen molar-refractivity contribution in [2.24, 2.45) is 5.41 Å². The molecule has 108 valence electrons. The highest BCUT2D eigenvalue weighted by Crippen LogP contribution is 2.43. The van der Waals surface area contributed by atoms with Gasteiger partial charge in [0.1, 0.15) is 0 Å². The predicted molar refractivity (Wildman–Crippen MR) is 73.7 cm³/mol. The summed E-state index contributed by atoms with van der Waals surface area (Å²) in [5.41, 5.74) is 0.420. The summed E-state index contributed by atoms with van der Waals surface area (Å²) in [6.07, 6.45) is 9.34. The third-order valence-corrected chi connectivity index (χ3v) is 5.29. The van der Waals surface area contributed by atoms with E-state index in [4.69, 9.17) is 0 Å². The highest BCUT2D eigenvalue weighted by Gasteiger charge is 2.40. The van der Waals surface area contributed by atoms with Crippen LogP contribution in [-0.4, -0.2) is 47.7 Å². The highest BCUT2D eigenvalue weighted by molar-refractivity contribution is 5.82. The Morgan fingerprint density at radius 3 is 2.58 bits per heavy atom. The minimum absolute atomic E-state index is 0.145. The van der Waals surface area contributed by atoms with E-state index >= 15 is 0 Å². The van der Waals surface area contributed by atoms with Gasteiger partial charge >= 0.3 is 0 Å². The number of piperidine rings is 1. The van der Waals surface area contributed by atoms with Crippen molar-refractivity contribution in [1.29, 1.82) is 0 Å². The van der Waals surface area contributed by atoms with Gasteiger partial charge in [0.2, 0.25) is 5.91 Å². The smallest absolute Gasteiger partial charge is 0.239 e. The number of aliphatic hydroxyl groups is 1. The molecule has 4 nitrogen and oxygen atoms in total. The third kappa shape index (κ3) is 2.79. The van der Waals surface area contributed by atoms with Gasteiger partial charge in [-0.1, -0.05) is 19.3 Å². The van der Waals surface area contributed by atoms with Crippen molar-refractivity contribution in [3.8, 4) is 0 Å². The van der Waals surface area contributed by atoms with Crippen LogP contribution < -0.4 is 5.32 Å². The molecule has 1 aliphatic carbocycles. The number of aliphatic hydroxyl groups excluding tert-OH is 1. The fourth-order valence-corrected chi connectivity index (χ4v) is 4.23. The molecule has 2 N–H and O–H groups in total. The Bertz CT molecular complexity index is 334. The van der Waals surface area contributed by atoms with Crippen LogP contribution in [0.3, 0.4) is 0 Å². The summed E-state index contributed by atoms with van der Waals surface area (Å²) < 4.78 is 0. The topological polar surface area (TPSA) is 52.6 Å². The van der Waals surface area contributed by atoms with Gasteiger partial charge in [0.05, 0.1) is 12.1 Å². The van der Waals surface area contributed by atoms with Crippen LogP contribution in [-0.2, 0) is 4.79 Å². The lowest BCUT2D eigenvalue weighted by Gasteiger charge is -2.45. The number of amides is 1. The van der Waals surface area contributed by atoms with Gasteiger partial charge in [-0.05, 0) is 37.5 Å². The Morgan fingerprint density at radius 1 is 1.16 bits per heavy atom. The van der Waals surface area contributed by atoms with Gasteiger partial charge in [0.15, 0.2) is 0 Å². The van der Waals surface area contributed by atoms with Crippen molar-refractivity contribution in [3.05, 3.63) is 0 Å². The first-order chi connectivity index (χ1) is 9.19. The molecular weight excluding hydrogens is 240 g/mol. The molecule has 3 aliphatic rings. The van der Waals surface area contributed by atoms with Crippen molar-refractivity contribution >= 4 is 5.91 Å². The summed E-state index contributed by atoms with van der Waals surface area (Å²) in [6.45, 7) is 2.43. The van der Waals surface area contributed by atoms with Crippen LogP contribution in [0.1, 0.15) is 51.4 Å². The maximum absolute atomic E-state index is 12.5. The van der Waals surface area contributed by atoms with Crippen LogP contribution in [0.4, 0.5) is 0 Å². The number of hydrogen-bond acceptors (Lipinski definition) is 3. The first kappa shape index (κ1) is 13.4. The summed E-state index contributed by atoms with van der Waals surface area (Å²) in [5.74, 6) is 0.223. The van der Waals surface area contributed by atoms with E-state index in [1.54, 1.807) is 0 Å². The Hall–Kier alpha value is -0.610. The van der Waals surface area contributed by atoms with Gasteiger partial charge in [0.25, 0.3) is 0 Å². The maximum Gasteiger partial charge on any atom is 0.239 e. The maximum atomic E-state index is 12.5. The minimum atomic E-state index is -0.345. The summed E-state index contributed by atoms with van der Waals surface area (Å²) in [5, 5.41) is 12.7. The van der Waals surface area contributed by atoms with E-state index in [1.165, 1.54) is 38.5 Å². The number of rotatable bonds is 1. The summed E-state index contributed by atoms with van der Waals surface area (Å²) >= 11 is 0. The lowest BCUT2D eigenvalue weighted by atomic mass is 9.69. The second-order valence-corrected chi connectivity index (χ2v) is 6.77. The van der Waals surface area contributed by atoms with Gasteiger partial charge in [-0.3, -0.25) is 4.79 Å². The molecule has 2 saturated heterocycles. The van der Waals surface area contributed by atoms with Gasteiger partial charge in [0, 0.05) is 19.6 Å². The second kappa shape index (κ2) is 5.41. The van der Waals surface area contributed by atoms with Crippen LogP contribution in [0.2, 0.25) is 0 Å². The number of carbonyl (C=O) groups is 1. The van der Waals surface area contributed by atoms with Crippen LogP contribution in [0.25, 0.3) is 0 Å². The summed E-state index contributed by atoms with van der Waals surface area (Å²) in [7, 11) is 0. The molecule has 19 heavy (non-hydrogen) atoms. The molecule has 2 aliphatic heterocycles. The van der Waals surface area contributed by atoms with E-state index in [1.807, 2.05) is 0 Å². The average Bonchev–Trinajstić information content (AvgIpc) is 2.85. The van der Waals surface area contributed by atoms with Gasteiger partial charge in [-0.25, -0.2) is 0 Å². The summed E-state index contributed by atoms with van der Waals surface area (Å²) in [6, 6.07) is -0.145. The lowest BCUT2D eigenvalue weighted by Crippen LogP contribution is -2.51. The Morgan fingerprint density at radius 2 is 1.89 bits per heavy atom. The fraction of sp³-hybridized carbons (Fsp3) is 0.933. The zero-order valence-electron chi connectivity index (χ0n) is 11.7. The molecule has 0 aromatic carbocycles. The van der Waals surface area contributed by atoms with E-state index in [0.29, 0.717) is 18.4 Å². The van der Waals surface area contributed by atoms with Crippen LogP contribution in [0.5, 0.6) is 0 Å². The molecule has 0 aromatic rings. The molecule has 1 spiro atoms. The molecule has 2 atom stereocenters. The predicted octanol–water partition coefficient (Wildman–Crippen LogP) is 1.28. The number of nitrogens with zero attached hydrogens (tertiary/aromatic N) is 1. The quantitative estimate of drug-likeness (QED) is 0.752. The molecular formula is C15H26N2O2. The molecule has 0 radical (unpaired) electrons. The molecule has 3 fully saturated rings. The highest BCUT2D eigenvalue weighted by atomic mass is 16.3. The zero-order valence-corrected chi connectivity index (χ0v) is 11.7. The number of hydrogen-bond donors (Lipinski definition) is 2. The monoisotopic (exact) mass is 266 g/mol. The molecule has 1 amide bonds. The van der Waals surface area contributed by atoms with Crippen LogP contribution >= 0.6 is 0 Å². The standard InChI is InChI=1S/C15H26N2O2/c18-12-9-13(16-10-12)14(19)17-8-4-7-15(11-17)5-2-1-3-6-15/h12-13,16,18H,1-11H2/t12-,13-/m1/s1. The molecule has 2 heterocycles. The first-order valence-corrected chi connectivity index (χ1v) is 7.89. The minimum Gasteiger partial charge on any atom is -0.392 e. The Balaban J connectivity index is 1.62. The first-order valence-electron chi connectivity index (χ1n) is 7.89. The van der Waals surface area contributed by atoms with Crippen LogP contribution in [0.15, 0.2) is 0 Å². The van der Waals surface area contributed by atoms with Crippen molar-refractivity contribution in [2.45, 2.75) is 63.5 Å². The number of carbonyl (C=O) groups excluding carboxylic acids is 1. The van der Waals surface area contributed by atoms with Gasteiger partial charge in [-0.2, -0.15) is 0 Å². The van der Waals surface area contributed by atoms with Crippen molar-refractivity contribution < 1.29 is 9.90 Å². The van der Waals surface area contributed by atoms with Crippen molar-refractivity contribution in [3.63, 3.8) is 0 Å². The van der Waals surface area contributed by atoms with E-state index < -0.39 is 0 Å². The van der Waals surface area contributed by atoms with E-state index in [-0.39, 0.29) is 18.1 Å². The number of likely N-dealkylation sites (tertiary alicyclic amines) is 1. The molecule has 1 saturated carbocycles. The SMILES string of the molecule is O=C([C@H]1C[C@@H](O)CN1)N1CCCC2(CCCCC2)C1. The molecule has 4 heteroatoms. The lowest BCUT2D eigenvalue weighted by molar-refractivity contribution is -0.137. The van der Waals surface area contributed by atoms with Crippen molar-refractivity contribution in [1.82, 2.24) is 10.2 Å². The molecule has 0 unspecified atom stereocenters. The fourth-order valence-electron chi connectivity index (χ4n) is 4.23. The summed E-state index contributed by atoms with van der Waals surface area (Å²) in [4.78, 5) is 14.6. The number of nitrogens with one attached hydrogen (secondary N) is 1. The largest absolute Gasteiger partial charge is 0.392 e. The molecule has 3 rings (SSSR count). The molecule has 0 bridgehead atoms. The molecule has 0 aromatic heterocycles. The third-order valence-electron chi connectivity index (χ3n) is 5.29. The Labute approximate surface area is 115 Å². The van der Waals surface area contributed by atoms with Gasteiger partial charge in [-0.15, -0.1) is 0 Å². The van der Waals surface area contributed by atoms with Crippen molar-refractivity contribution in [2.75, 3.05) is 19.6 Å². The van der Waals surface area contributed by atoms with Crippen LogP contribution in [0, 0.1) is 5.41 Å². The van der Waals surface area contributed by atoms with Gasteiger partial charge < -0.3 is 15.3 Å². The van der Waals surface area contributed by atoms with E-state index in [2.05, 4.69) is 10.2 Å². The number of β-amino-alcohol motifs (C(OH)–C–C–N with tert-alkyl or cyclic N) is 1.